The number of aliphatic hydroxyl groups excluding tert-OH is 1. The quantitative estimate of drug-likeness (QED) is 0.226. The molecule has 0 aromatic heterocycles. The first-order valence-electron chi connectivity index (χ1n) is 11.5. The Balaban J connectivity index is 1.75. The molecule has 0 aliphatic carbocycles. The highest BCUT2D eigenvalue weighted by Crippen LogP contribution is 2.42. The van der Waals surface area contributed by atoms with Crippen molar-refractivity contribution in [1.82, 2.24) is 10.9 Å². The van der Waals surface area contributed by atoms with Crippen molar-refractivity contribution in [2.75, 3.05) is 20.3 Å². The second-order valence-electron chi connectivity index (χ2n) is 8.35. The number of nitrogens with one attached hydrogen (secondary N) is 2. The number of hydrazine groups is 1. The van der Waals surface area contributed by atoms with Gasteiger partial charge in [0.2, 0.25) is 5.90 Å². The number of amides is 1. The van der Waals surface area contributed by atoms with Crippen LogP contribution < -0.4 is 15.6 Å². The lowest BCUT2D eigenvalue weighted by atomic mass is 9.82. The predicted octanol–water partition coefficient (Wildman–Crippen LogP) is 4.72. The van der Waals surface area contributed by atoms with Crippen LogP contribution in [0.15, 0.2) is 86.7 Å². The number of hydrogen-bond acceptors (Lipinski definition) is 6. The molecule has 36 heavy (non-hydrogen) atoms. The van der Waals surface area contributed by atoms with Crippen LogP contribution >= 0.6 is 31.9 Å². The van der Waals surface area contributed by atoms with E-state index in [1.165, 1.54) is 0 Å². The molecule has 1 aliphatic heterocycles. The molecular weight excluding hydrogens is 590 g/mol. The lowest BCUT2D eigenvalue weighted by molar-refractivity contribution is -0.129. The third-order valence-electron chi connectivity index (χ3n) is 5.83. The fourth-order valence-electron chi connectivity index (χ4n) is 4.06. The average molecular weight is 617 g/mol. The van der Waals surface area contributed by atoms with Gasteiger partial charge in [0.05, 0.1) is 6.61 Å². The highest BCUT2D eigenvalue weighted by atomic mass is 79.9. The number of rotatable bonds is 10. The van der Waals surface area contributed by atoms with E-state index in [4.69, 9.17) is 19.6 Å². The summed E-state index contributed by atoms with van der Waals surface area (Å²) in [5.74, 6) is 0.775. The molecule has 0 saturated heterocycles. The van der Waals surface area contributed by atoms with Crippen LogP contribution in [0.3, 0.4) is 0 Å². The summed E-state index contributed by atoms with van der Waals surface area (Å²) in [4.78, 5) is 18.6. The Hall–Kier alpha value is -2.72. The molecule has 4 rings (SSSR count). The molecule has 0 spiro atoms. The Morgan fingerprint density at radius 2 is 1.67 bits per heavy atom. The number of carbonyl (C=O) groups is 1. The Kier molecular flexibility index (Phi) is 8.79. The van der Waals surface area contributed by atoms with Crippen molar-refractivity contribution in [2.24, 2.45) is 4.99 Å². The fraction of sp³-hybridized carbons (Fsp3) is 0.259. The number of carbonyl (C=O) groups excluding carboxylic acids is 1. The standard InChI is InChI=1S/C27H27Br2N3O4/c1-30-32-26(34)27(17-18-3-9-21(28)10-4-18)24(19-5-11-22(29)12-6-19)36-25(31-27)20-7-13-23(14-8-20)35-16-2-15-33/h3-14,24,30,33H,2,15-17H2,1H3,(H,32,34)/t24-,27-/m0/s1. The van der Waals surface area contributed by atoms with Gasteiger partial charge >= 0.3 is 0 Å². The third-order valence-corrected chi connectivity index (χ3v) is 6.89. The van der Waals surface area contributed by atoms with Crippen molar-refractivity contribution < 1.29 is 19.4 Å². The molecule has 0 radical (unpaired) electrons. The van der Waals surface area contributed by atoms with E-state index in [1.54, 1.807) is 7.05 Å². The first-order valence-corrected chi connectivity index (χ1v) is 13.1. The van der Waals surface area contributed by atoms with Gasteiger partial charge in [-0.3, -0.25) is 10.2 Å². The molecule has 1 aliphatic rings. The maximum absolute atomic E-state index is 13.6. The highest BCUT2D eigenvalue weighted by molar-refractivity contribution is 9.10. The van der Waals surface area contributed by atoms with E-state index < -0.39 is 11.6 Å². The zero-order valence-electron chi connectivity index (χ0n) is 19.7. The van der Waals surface area contributed by atoms with Crippen molar-refractivity contribution in [2.45, 2.75) is 24.5 Å². The Morgan fingerprint density at radius 1 is 1.03 bits per heavy atom. The number of halogens is 2. The Labute approximate surface area is 227 Å². The van der Waals surface area contributed by atoms with Crippen LogP contribution in [0.1, 0.15) is 29.2 Å². The summed E-state index contributed by atoms with van der Waals surface area (Å²) in [6.07, 6.45) is 0.240. The fourth-order valence-corrected chi connectivity index (χ4v) is 4.58. The lowest BCUT2D eigenvalue weighted by Crippen LogP contribution is -2.53. The van der Waals surface area contributed by atoms with Gasteiger partial charge in [-0.25, -0.2) is 10.4 Å². The van der Waals surface area contributed by atoms with Crippen molar-refractivity contribution in [1.29, 1.82) is 0 Å². The molecule has 9 heteroatoms. The molecular formula is C27H27Br2N3O4. The maximum atomic E-state index is 13.6. The average Bonchev–Trinajstić information content (AvgIpc) is 3.27. The molecule has 0 saturated carbocycles. The summed E-state index contributed by atoms with van der Waals surface area (Å²) in [6, 6.07) is 23.0. The number of aliphatic hydroxyl groups is 1. The molecule has 1 heterocycles. The van der Waals surface area contributed by atoms with Gasteiger partial charge in [0, 0.05) is 41.0 Å². The Morgan fingerprint density at radius 3 is 2.28 bits per heavy atom. The van der Waals surface area contributed by atoms with Gasteiger partial charge in [0.25, 0.3) is 5.91 Å². The van der Waals surface area contributed by atoms with Crippen LogP contribution in [0.5, 0.6) is 5.75 Å². The van der Waals surface area contributed by atoms with Crippen molar-refractivity contribution in [3.63, 3.8) is 0 Å². The van der Waals surface area contributed by atoms with Gasteiger partial charge in [-0.05, 0) is 59.7 Å². The van der Waals surface area contributed by atoms with Crippen molar-refractivity contribution in [3.8, 4) is 5.75 Å². The number of ether oxygens (including phenoxy) is 2. The molecule has 0 bridgehead atoms. The van der Waals surface area contributed by atoms with Gasteiger partial charge in [-0.15, -0.1) is 0 Å². The van der Waals surface area contributed by atoms with Crippen LogP contribution in [-0.4, -0.2) is 42.7 Å². The van der Waals surface area contributed by atoms with E-state index in [0.29, 0.717) is 31.1 Å². The van der Waals surface area contributed by atoms with Gasteiger partial charge in [0.1, 0.15) is 5.75 Å². The first kappa shape index (κ1) is 26.3. The number of nitrogens with zero attached hydrogens (tertiary/aromatic N) is 1. The summed E-state index contributed by atoms with van der Waals surface area (Å²) in [5.41, 5.74) is 6.78. The van der Waals surface area contributed by atoms with Gasteiger partial charge in [-0.2, -0.15) is 0 Å². The smallest absolute Gasteiger partial charge is 0.266 e. The van der Waals surface area contributed by atoms with Gasteiger partial charge < -0.3 is 14.6 Å². The Bertz CT molecular complexity index is 1200. The molecule has 0 unspecified atom stereocenters. The predicted molar refractivity (Wildman–Crippen MR) is 146 cm³/mol. The second kappa shape index (κ2) is 12.0. The van der Waals surface area contributed by atoms with Gasteiger partial charge in [0.15, 0.2) is 11.6 Å². The topological polar surface area (TPSA) is 92.2 Å². The summed E-state index contributed by atoms with van der Waals surface area (Å²) in [7, 11) is 1.65. The monoisotopic (exact) mass is 615 g/mol. The first-order chi connectivity index (χ1) is 17.4. The summed E-state index contributed by atoms with van der Waals surface area (Å²) in [6.45, 7) is 0.509. The summed E-state index contributed by atoms with van der Waals surface area (Å²) >= 11 is 6.96. The van der Waals surface area contributed by atoms with Crippen LogP contribution in [-0.2, 0) is 16.0 Å². The molecule has 1 amide bonds. The SMILES string of the molecule is CNNC(=O)[C@@]1(Cc2ccc(Br)cc2)N=C(c2ccc(OCCCO)cc2)O[C@H]1c1ccc(Br)cc1. The summed E-state index contributed by atoms with van der Waals surface area (Å²) < 4.78 is 14.0. The lowest BCUT2D eigenvalue weighted by Gasteiger charge is -2.30. The third kappa shape index (κ3) is 5.98. The van der Waals surface area contributed by atoms with E-state index in [1.807, 2.05) is 72.8 Å². The maximum Gasteiger partial charge on any atom is 0.266 e. The number of hydrogen-bond donors (Lipinski definition) is 3. The van der Waals surface area contributed by atoms with Crippen molar-refractivity contribution in [3.05, 3.63) is 98.4 Å². The van der Waals surface area contributed by atoms with Crippen LogP contribution in [0.25, 0.3) is 0 Å². The second-order valence-corrected chi connectivity index (χ2v) is 10.2. The molecule has 7 nitrogen and oxygen atoms in total. The molecule has 2 atom stereocenters. The van der Waals surface area contributed by atoms with Gasteiger partial charge in [-0.1, -0.05) is 56.1 Å². The molecule has 3 aromatic rings. The van der Waals surface area contributed by atoms with Crippen LogP contribution in [0, 0.1) is 0 Å². The number of aliphatic imine (C=N–C) groups is 1. The minimum absolute atomic E-state index is 0.0787. The molecule has 3 aromatic carbocycles. The zero-order valence-corrected chi connectivity index (χ0v) is 22.9. The molecule has 188 valence electrons. The minimum Gasteiger partial charge on any atom is -0.494 e. The number of benzene rings is 3. The highest BCUT2D eigenvalue weighted by Gasteiger charge is 2.53. The van der Waals surface area contributed by atoms with Crippen LogP contribution in [0.2, 0.25) is 0 Å². The minimum atomic E-state index is -1.25. The van der Waals surface area contributed by atoms with E-state index in [0.717, 1.165) is 25.6 Å². The summed E-state index contributed by atoms with van der Waals surface area (Å²) in [5, 5.41) is 8.96. The largest absolute Gasteiger partial charge is 0.494 e. The zero-order chi connectivity index (χ0) is 25.5. The van der Waals surface area contributed by atoms with E-state index in [-0.39, 0.29) is 12.5 Å². The molecule has 0 fully saturated rings. The van der Waals surface area contributed by atoms with Crippen LogP contribution in [0.4, 0.5) is 0 Å². The normalized spacial score (nSPS) is 18.9. The van der Waals surface area contributed by atoms with E-state index in [2.05, 4.69) is 42.7 Å². The van der Waals surface area contributed by atoms with Crippen molar-refractivity contribution >= 4 is 43.7 Å². The molecule has 3 N–H and O–H groups in total. The van der Waals surface area contributed by atoms with E-state index >= 15 is 0 Å². The van der Waals surface area contributed by atoms with E-state index in [9.17, 15) is 4.79 Å².